The topological polar surface area (TPSA) is 44.5 Å². The Morgan fingerprint density at radius 2 is 1.93 bits per heavy atom. The summed E-state index contributed by atoms with van der Waals surface area (Å²) in [4.78, 5) is 0. The highest BCUT2D eigenvalue weighted by molar-refractivity contribution is 5.51. The highest BCUT2D eigenvalue weighted by atomic mass is 16.5. The van der Waals surface area contributed by atoms with Gasteiger partial charge >= 0.3 is 0 Å². The van der Waals surface area contributed by atoms with E-state index in [1.165, 1.54) is 0 Å². The fraction of sp³-hybridized carbons (Fsp3) is 0.455. The molecule has 2 N–H and O–H groups in total. The Labute approximate surface area is 83.8 Å². The monoisotopic (exact) mass is 193 g/mol. The maximum Gasteiger partial charge on any atom is 0.142 e. The van der Waals surface area contributed by atoms with E-state index in [-0.39, 0.29) is 6.10 Å². The second kappa shape index (κ2) is 4.33. The van der Waals surface area contributed by atoms with E-state index < -0.39 is 0 Å². The Hall–Kier alpha value is -1.22. The molecule has 3 nitrogen and oxygen atoms in total. The molecule has 1 aromatic rings. The average molecular weight is 193 g/mol. The van der Waals surface area contributed by atoms with Gasteiger partial charge in [0.15, 0.2) is 0 Å². The minimum Gasteiger partial charge on any atom is -0.488 e. The van der Waals surface area contributed by atoms with E-state index in [2.05, 4.69) is 0 Å². The minimum absolute atomic E-state index is 0.258. The summed E-state index contributed by atoms with van der Waals surface area (Å²) >= 11 is 0. The lowest BCUT2D eigenvalue weighted by molar-refractivity contribution is 0.0259. The van der Waals surface area contributed by atoms with Crippen LogP contribution in [0.2, 0.25) is 0 Å². The molecule has 0 unspecified atom stereocenters. The number of anilines is 1. The number of benzene rings is 1. The van der Waals surface area contributed by atoms with E-state index in [0.29, 0.717) is 5.69 Å². The second-order valence-electron chi connectivity index (χ2n) is 3.47. The molecule has 1 heterocycles. The number of ether oxygens (including phenoxy) is 2. The van der Waals surface area contributed by atoms with E-state index in [1.54, 1.807) is 0 Å². The van der Waals surface area contributed by atoms with Gasteiger partial charge in [0.2, 0.25) is 0 Å². The van der Waals surface area contributed by atoms with Gasteiger partial charge < -0.3 is 15.2 Å². The summed E-state index contributed by atoms with van der Waals surface area (Å²) in [6.45, 7) is 1.58. The number of nitrogens with two attached hydrogens (primary N) is 1. The molecular weight excluding hydrogens is 178 g/mol. The standard InChI is InChI=1S/C11H15NO2/c12-10-3-1-2-4-11(10)14-9-5-7-13-8-6-9/h1-4,9H,5-8,12H2. The predicted octanol–water partition coefficient (Wildman–Crippen LogP) is 1.83. The highest BCUT2D eigenvalue weighted by Gasteiger charge is 2.15. The summed E-state index contributed by atoms with van der Waals surface area (Å²) in [6.07, 6.45) is 2.16. The summed E-state index contributed by atoms with van der Waals surface area (Å²) in [5, 5.41) is 0. The van der Waals surface area contributed by atoms with Gasteiger partial charge in [-0.2, -0.15) is 0 Å². The van der Waals surface area contributed by atoms with Crippen molar-refractivity contribution in [1.82, 2.24) is 0 Å². The average Bonchev–Trinajstić information content (AvgIpc) is 2.23. The minimum atomic E-state index is 0.258. The van der Waals surface area contributed by atoms with Gasteiger partial charge in [0, 0.05) is 12.8 Å². The van der Waals surface area contributed by atoms with Gasteiger partial charge in [-0.1, -0.05) is 12.1 Å². The predicted molar refractivity (Wildman–Crippen MR) is 55.3 cm³/mol. The van der Waals surface area contributed by atoms with Crippen LogP contribution in [0.5, 0.6) is 5.75 Å². The van der Waals surface area contributed by atoms with Gasteiger partial charge in [0.1, 0.15) is 11.9 Å². The van der Waals surface area contributed by atoms with E-state index in [9.17, 15) is 0 Å². The molecule has 1 aromatic carbocycles. The third kappa shape index (κ3) is 2.17. The summed E-state index contributed by atoms with van der Waals surface area (Å²) in [7, 11) is 0. The molecule has 2 rings (SSSR count). The molecule has 0 amide bonds. The van der Waals surface area contributed by atoms with Crippen LogP contribution in [0.3, 0.4) is 0 Å². The molecule has 0 spiro atoms. The molecule has 0 aromatic heterocycles. The molecule has 0 atom stereocenters. The van der Waals surface area contributed by atoms with E-state index >= 15 is 0 Å². The first-order valence-electron chi connectivity index (χ1n) is 4.95. The molecule has 76 valence electrons. The van der Waals surface area contributed by atoms with Crippen LogP contribution >= 0.6 is 0 Å². The van der Waals surface area contributed by atoms with E-state index in [0.717, 1.165) is 31.8 Å². The van der Waals surface area contributed by atoms with Crippen LogP contribution in [0.25, 0.3) is 0 Å². The van der Waals surface area contributed by atoms with Gasteiger partial charge in [-0.25, -0.2) is 0 Å². The largest absolute Gasteiger partial charge is 0.488 e. The molecule has 1 saturated heterocycles. The van der Waals surface area contributed by atoms with Crippen molar-refractivity contribution in [2.75, 3.05) is 18.9 Å². The Balaban J connectivity index is 1.99. The Bertz CT molecular complexity index is 295. The first kappa shape index (κ1) is 9.34. The number of para-hydroxylation sites is 2. The second-order valence-corrected chi connectivity index (χ2v) is 3.47. The summed E-state index contributed by atoms with van der Waals surface area (Å²) in [5.41, 5.74) is 6.49. The number of hydrogen-bond acceptors (Lipinski definition) is 3. The van der Waals surface area contributed by atoms with Crippen molar-refractivity contribution < 1.29 is 9.47 Å². The zero-order chi connectivity index (χ0) is 9.80. The molecule has 1 aliphatic heterocycles. The lowest BCUT2D eigenvalue weighted by Gasteiger charge is -2.23. The maximum absolute atomic E-state index is 5.78. The van der Waals surface area contributed by atoms with Crippen LogP contribution in [0.15, 0.2) is 24.3 Å². The van der Waals surface area contributed by atoms with Crippen LogP contribution in [-0.2, 0) is 4.74 Å². The van der Waals surface area contributed by atoms with Gasteiger partial charge in [0.25, 0.3) is 0 Å². The van der Waals surface area contributed by atoms with Crippen LogP contribution in [0.1, 0.15) is 12.8 Å². The fourth-order valence-corrected chi connectivity index (χ4v) is 1.56. The Morgan fingerprint density at radius 3 is 2.64 bits per heavy atom. The number of hydrogen-bond donors (Lipinski definition) is 1. The molecule has 1 aliphatic rings. The van der Waals surface area contributed by atoms with Crippen molar-refractivity contribution in [2.24, 2.45) is 0 Å². The van der Waals surface area contributed by atoms with Crippen molar-refractivity contribution in [2.45, 2.75) is 18.9 Å². The fourth-order valence-electron chi connectivity index (χ4n) is 1.56. The highest BCUT2D eigenvalue weighted by Crippen LogP contribution is 2.23. The molecule has 0 radical (unpaired) electrons. The molecule has 3 heteroatoms. The van der Waals surface area contributed by atoms with Crippen LogP contribution in [0.4, 0.5) is 5.69 Å². The van der Waals surface area contributed by atoms with Crippen molar-refractivity contribution in [3.05, 3.63) is 24.3 Å². The van der Waals surface area contributed by atoms with Crippen molar-refractivity contribution in [3.63, 3.8) is 0 Å². The van der Waals surface area contributed by atoms with Gasteiger partial charge in [-0.3, -0.25) is 0 Å². The third-order valence-electron chi connectivity index (χ3n) is 2.38. The van der Waals surface area contributed by atoms with Gasteiger partial charge in [-0.15, -0.1) is 0 Å². The molecular formula is C11H15NO2. The molecule has 0 saturated carbocycles. The van der Waals surface area contributed by atoms with Crippen LogP contribution in [0, 0.1) is 0 Å². The molecule has 14 heavy (non-hydrogen) atoms. The summed E-state index contributed by atoms with van der Waals surface area (Å²) in [5.74, 6) is 0.791. The number of nitrogen functional groups attached to an aromatic ring is 1. The van der Waals surface area contributed by atoms with Gasteiger partial charge in [-0.05, 0) is 12.1 Å². The summed E-state index contributed by atoms with van der Waals surface area (Å²) in [6, 6.07) is 7.61. The lowest BCUT2D eigenvalue weighted by Crippen LogP contribution is -2.26. The molecule has 0 aliphatic carbocycles. The molecule has 0 bridgehead atoms. The smallest absolute Gasteiger partial charge is 0.142 e. The summed E-state index contributed by atoms with van der Waals surface area (Å²) < 4.78 is 11.0. The van der Waals surface area contributed by atoms with Crippen molar-refractivity contribution in [1.29, 1.82) is 0 Å². The Morgan fingerprint density at radius 1 is 1.21 bits per heavy atom. The van der Waals surface area contributed by atoms with E-state index in [1.807, 2.05) is 24.3 Å². The SMILES string of the molecule is Nc1ccccc1OC1CCOCC1. The van der Waals surface area contributed by atoms with Crippen molar-refractivity contribution >= 4 is 5.69 Å². The first-order chi connectivity index (χ1) is 6.86. The van der Waals surface area contributed by atoms with Crippen LogP contribution < -0.4 is 10.5 Å². The third-order valence-corrected chi connectivity index (χ3v) is 2.38. The maximum atomic E-state index is 5.78. The first-order valence-corrected chi connectivity index (χ1v) is 4.95. The zero-order valence-electron chi connectivity index (χ0n) is 8.11. The number of rotatable bonds is 2. The zero-order valence-corrected chi connectivity index (χ0v) is 8.11. The van der Waals surface area contributed by atoms with Crippen molar-refractivity contribution in [3.8, 4) is 5.75 Å². The van der Waals surface area contributed by atoms with E-state index in [4.69, 9.17) is 15.2 Å². The van der Waals surface area contributed by atoms with Crippen LogP contribution in [-0.4, -0.2) is 19.3 Å². The normalized spacial score (nSPS) is 18.0. The lowest BCUT2D eigenvalue weighted by atomic mass is 10.1. The van der Waals surface area contributed by atoms with Gasteiger partial charge in [0.05, 0.1) is 18.9 Å². The Kier molecular flexibility index (Phi) is 2.89. The molecule has 1 fully saturated rings. The quantitative estimate of drug-likeness (QED) is 0.729.